The Morgan fingerprint density at radius 3 is 2.42 bits per heavy atom. The Morgan fingerprint density at radius 2 is 1.79 bits per heavy atom. The van der Waals surface area contributed by atoms with Gasteiger partial charge in [-0.25, -0.2) is 4.68 Å². The number of hydrogen-bond acceptors (Lipinski definition) is 4. The van der Waals surface area contributed by atoms with Crippen LogP contribution in [-0.4, -0.2) is 28.0 Å². The summed E-state index contributed by atoms with van der Waals surface area (Å²) in [6.07, 6.45) is -0.159. The van der Waals surface area contributed by atoms with Gasteiger partial charge in [0.15, 0.2) is 0 Å². The van der Waals surface area contributed by atoms with Crippen molar-refractivity contribution in [2.45, 2.75) is 13.0 Å². The Morgan fingerprint density at radius 1 is 1.12 bits per heavy atom. The first-order valence-electron chi connectivity index (χ1n) is 7.46. The second-order valence-electron chi connectivity index (χ2n) is 5.29. The molecule has 0 spiro atoms. The third kappa shape index (κ3) is 2.99. The Hall–Kier alpha value is -3.15. The van der Waals surface area contributed by atoms with E-state index in [0.29, 0.717) is 11.1 Å². The zero-order chi connectivity index (χ0) is 17.1. The van der Waals surface area contributed by atoms with Gasteiger partial charge in [-0.05, 0) is 30.3 Å². The molecule has 0 radical (unpaired) electrons. The minimum absolute atomic E-state index is 0.0299. The molecule has 0 unspecified atom stereocenters. The first-order chi connectivity index (χ1) is 11.6. The van der Waals surface area contributed by atoms with Gasteiger partial charge in [0, 0.05) is 10.9 Å². The summed E-state index contributed by atoms with van der Waals surface area (Å²) >= 11 is 0. The highest BCUT2D eigenvalue weighted by atomic mass is 16.5. The largest absolute Gasteiger partial charge is 0.497 e. The molecule has 122 valence electrons. The van der Waals surface area contributed by atoms with E-state index in [9.17, 15) is 9.59 Å². The van der Waals surface area contributed by atoms with Crippen LogP contribution in [0.1, 0.15) is 6.42 Å². The number of aromatic nitrogens is 2. The van der Waals surface area contributed by atoms with Crippen LogP contribution in [0.15, 0.2) is 53.3 Å². The van der Waals surface area contributed by atoms with Crippen molar-refractivity contribution >= 4 is 16.7 Å². The lowest BCUT2D eigenvalue weighted by Gasteiger charge is -2.11. The lowest BCUT2D eigenvalue weighted by atomic mass is 10.0. The summed E-state index contributed by atoms with van der Waals surface area (Å²) in [6, 6.07) is 14.5. The standard InChI is InChI=1S/C18H16N2O4/c1-24-13-8-6-12(7-9-13)17-14-4-2-3-5-15(14)18(23)20(19-17)11-10-16(21)22/h2-9H,10-11H2,1H3,(H,21,22). The summed E-state index contributed by atoms with van der Waals surface area (Å²) in [7, 11) is 1.59. The predicted octanol–water partition coefficient (Wildman–Crippen LogP) is 2.55. The fourth-order valence-corrected chi connectivity index (χ4v) is 2.55. The van der Waals surface area contributed by atoms with Crippen molar-refractivity contribution in [3.63, 3.8) is 0 Å². The van der Waals surface area contributed by atoms with Gasteiger partial charge in [0.25, 0.3) is 5.56 Å². The van der Waals surface area contributed by atoms with Gasteiger partial charge >= 0.3 is 5.97 Å². The van der Waals surface area contributed by atoms with E-state index in [2.05, 4.69) is 5.10 Å². The summed E-state index contributed by atoms with van der Waals surface area (Å²) in [5, 5.41) is 14.5. The minimum atomic E-state index is -0.970. The van der Waals surface area contributed by atoms with Gasteiger partial charge in [0.2, 0.25) is 0 Å². The molecule has 6 heteroatoms. The maximum Gasteiger partial charge on any atom is 0.305 e. The molecule has 1 aromatic heterocycles. The van der Waals surface area contributed by atoms with Gasteiger partial charge < -0.3 is 9.84 Å². The molecule has 2 aromatic carbocycles. The summed E-state index contributed by atoms with van der Waals surface area (Å²) in [4.78, 5) is 23.3. The average Bonchev–Trinajstić information content (AvgIpc) is 2.61. The molecule has 0 bridgehead atoms. The Bertz CT molecular complexity index is 945. The van der Waals surface area contributed by atoms with Crippen LogP contribution in [0.25, 0.3) is 22.0 Å². The van der Waals surface area contributed by atoms with E-state index >= 15 is 0 Å². The van der Waals surface area contributed by atoms with Crippen LogP contribution in [-0.2, 0) is 11.3 Å². The van der Waals surface area contributed by atoms with Crippen molar-refractivity contribution in [1.82, 2.24) is 9.78 Å². The molecule has 0 atom stereocenters. The highest BCUT2D eigenvalue weighted by Gasteiger charge is 2.12. The van der Waals surface area contributed by atoms with Crippen LogP contribution in [0.2, 0.25) is 0 Å². The summed E-state index contributed by atoms with van der Waals surface area (Å²) < 4.78 is 6.38. The van der Waals surface area contributed by atoms with Crippen molar-refractivity contribution in [2.24, 2.45) is 0 Å². The number of carbonyl (C=O) groups is 1. The van der Waals surface area contributed by atoms with Gasteiger partial charge in [-0.2, -0.15) is 5.10 Å². The van der Waals surface area contributed by atoms with E-state index in [-0.39, 0.29) is 18.5 Å². The van der Waals surface area contributed by atoms with E-state index < -0.39 is 5.97 Å². The van der Waals surface area contributed by atoms with Crippen molar-refractivity contribution < 1.29 is 14.6 Å². The fraction of sp³-hybridized carbons (Fsp3) is 0.167. The molecule has 0 saturated carbocycles. The molecule has 3 rings (SSSR count). The first kappa shape index (κ1) is 15.7. The van der Waals surface area contributed by atoms with Crippen LogP contribution in [0, 0.1) is 0 Å². The molecule has 0 fully saturated rings. The van der Waals surface area contributed by atoms with Crippen molar-refractivity contribution in [2.75, 3.05) is 7.11 Å². The lowest BCUT2D eigenvalue weighted by molar-refractivity contribution is -0.137. The third-order valence-corrected chi connectivity index (χ3v) is 3.77. The molecule has 0 aliphatic carbocycles. The summed E-state index contributed by atoms with van der Waals surface area (Å²) in [5.74, 6) is -0.245. The molecule has 0 aliphatic rings. The minimum Gasteiger partial charge on any atom is -0.497 e. The normalized spacial score (nSPS) is 10.7. The molecular weight excluding hydrogens is 308 g/mol. The van der Waals surface area contributed by atoms with Crippen LogP contribution in [0.4, 0.5) is 0 Å². The van der Waals surface area contributed by atoms with E-state index in [1.807, 2.05) is 36.4 Å². The van der Waals surface area contributed by atoms with Crippen molar-refractivity contribution in [3.05, 3.63) is 58.9 Å². The van der Waals surface area contributed by atoms with E-state index in [1.165, 1.54) is 4.68 Å². The Labute approximate surface area is 137 Å². The molecule has 6 nitrogen and oxygen atoms in total. The van der Waals surface area contributed by atoms with Crippen LogP contribution >= 0.6 is 0 Å². The first-order valence-corrected chi connectivity index (χ1v) is 7.46. The maximum atomic E-state index is 12.5. The zero-order valence-electron chi connectivity index (χ0n) is 13.1. The number of ether oxygens (including phenoxy) is 1. The lowest BCUT2D eigenvalue weighted by Crippen LogP contribution is -2.25. The number of methoxy groups -OCH3 is 1. The van der Waals surface area contributed by atoms with Gasteiger partial charge in [-0.3, -0.25) is 9.59 Å². The van der Waals surface area contributed by atoms with Crippen LogP contribution in [0.5, 0.6) is 5.75 Å². The molecule has 0 saturated heterocycles. The topological polar surface area (TPSA) is 81.4 Å². The number of carboxylic acids is 1. The van der Waals surface area contributed by atoms with Crippen molar-refractivity contribution in [3.8, 4) is 17.0 Å². The predicted molar refractivity (Wildman–Crippen MR) is 90.2 cm³/mol. The second-order valence-corrected chi connectivity index (χ2v) is 5.29. The molecular formula is C18H16N2O4. The Balaban J connectivity index is 2.19. The van der Waals surface area contributed by atoms with Gasteiger partial charge in [-0.15, -0.1) is 0 Å². The molecule has 0 amide bonds. The third-order valence-electron chi connectivity index (χ3n) is 3.77. The van der Waals surface area contributed by atoms with Gasteiger partial charge in [0.1, 0.15) is 5.75 Å². The zero-order valence-corrected chi connectivity index (χ0v) is 13.1. The number of benzene rings is 2. The number of rotatable bonds is 5. The van der Waals surface area contributed by atoms with E-state index in [1.54, 1.807) is 19.2 Å². The molecule has 3 aromatic rings. The summed E-state index contributed by atoms with van der Waals surface area (Å²) in [5.41, 5.74) is 1.18. The van der Waals surface area contributed by atoms with E-state index in [4.69, 9.17) is 9.84 Å². The molecule has 1 N–H and O–H groups in total. The summed E-state index contributed by atoms with van der Waals surface area (Å²) in [6.45, 7) is 0.0299. The molecule has 24 heavy (non-hydrogen) atoms. The van der Waals surface area contributed by atoms with Crippen LogP contribution in [0.3, 0.4) is 0 Å². The second kappa shape index (κ2) is 6.54. The fourth-order valence-electron chi connectivity index (χ4n) is 2.55. The van der Waals surface area contributed by atoms with Gasteiger partial charge in [0.05, 0.1) is 31.2 Å². The van der Waals surface area contributed by atoms with E-state index in [0.717, 1.165) is 16.7 Å². The molecule has 1 heterocycles. The monoisotopic (exact) mass is 324 g/mol. The quantitative estimate of drug-likeness (QED) is 0.780. The van der Waals surface area contributed by atoms with Crippen molar-refractivity contribution in [1.29, 1.82) is 0 Å². The number of carboxylic acid groups (broad SMARTS) is 1. The highest BCUT2D eigenvalue weighted by Crippen LogP contribution is 2.26. The number of aryl methyl sites for hydroxylation is 1. The maximum absolute atomic E-state index is 12.5. The molecule has 0 aliphatic heterocycles. The average molecular weight is 324 g/mol. The number of hydrogen-bond donors (Lipinski definition) is 1. The Kier molecular flexibility index (Phi) is 4.29. The van der Waals surface area contributed by atoms with Gasteiger partial charge in [-0.1, -0.05) is 18.2 Å². The smallest absolute Gasteiger partial charge is 0.305 e. The number of aliphatic carboxylic acids is 1. The number of fused-ring (bicyclic) bond motifs is 1. The van der Waals surface area contributed by atoms with Crippen LogP contribution < -0.4 is 10.3 Å². The SMILES string of the molecule is COc1ccc(-c2nn(CCC(=O)O)c(=O)c3ccccc23)cc1. The highest BCUT2D eigenvalue weighted by molar-refractivity contribution is 5.93. The number of nitrogens with zero attached hydrogens (tertiary/aromatic N) is 2.